The lowest BCUT2D eigenvalue weighted by Crippen LogP contribution is -2.16. The Balaban J connectivity index is 2.30. The molecule has 1 aromatic heterocycles. The van der Waals surface area contributed by atoms with E-state index in [2.05, 4.69) is 10.3 Å². The van der Waals surface area contributed by atoms with Crippen LogP contribution in [0.5, 0.6) is 0 Å². The van der Waals surface area contributed by atoms with Crippen LogP contribution in [0.25, 0.3) is 0 Å². The van der Waals surface area contributed by atoms with Gasteiger partial charge in [-0.15, -0.1) is 0 Å². The zero-order chi connectivity index (χ0) is 13.8. The lowest BCUT2D eigenvalue weighted by atomic mass is 10.1. The van der Waals surface area contributed by atoms with Crippen LogP contribution in [0.1, 0.15) is 21.6 Å². The van der Waals surface area contributed by atoms with Gasteiger partial charge in [-0.25, -0.2) is 4.98 Å². The second kappa shape index (κ2) is 5.19. The van der Waals surface area contributed by atoms with E-state index < -0.39 is 5.91 Å². The summed E-state index contributed by atoms with van der Waals surface area (Å²) in [4.78, 5) is 16.0. The minimum atomic E-state index is -0.392. The van der Waals surface area contributed by atoms with E-state index in [0.717, 1.165) is 5.56 Å². The first-order valence-corrected chi connectivity index (χ1v) is 5.64. The highest BCUT2D eigenvalue weighted by atomic mass is 16.1. The van der Waals surface area contributed by atoms with Crippen molar-refractivity contribution >= 4 is 17.3 Å². The summed E-state index contributed by atoms with van der Waals surface area (Å²) in [7, 11) is 0. The van der Waals surface area contributed by atoms with Crippen LogP contribution in [0.2, 0.25) is 0 Å². The molecule has 1 aromatic carbocycles. The molecule has 0 aliphatic carbocycles. The fourth-order valence-electron chi connectivity index (χ4n) is 1.62. The number of anilines is 2. The number of nitriles is 1. The number of carbonyl (C=O) groups excluding carboxylic acids is 1. The number of nitrogen functional groups attached to an aromatic ring is 1. The Hall–Kier alpha value is -2.87. The van der Waals surface area contributed by atoms with Gasteiger partial charge in [0.2, 0.25) is 0 Å². The zero-order valence-corrected chi connectivity index (χ0v) is 10.3. The summed E-state index contributed by atoms with van der Waals surface area (Å²) in [5, 5.41) is 11.6. The van der Waals surface area contributed by atoms with E-state index >= 15 is 0 Å². The Morgan fingerprint density at radius 2 is 2.21 bits per heavy atom. The van der Waals surface area contributed by atoms with Gasteiger partial charge in [0, 0.05) is 11.9 Å². The summed E-state index contributed by atoms with van der Waals surface area (Å²) < 4.78 is 0. The van der Waals surface area contributed by atoms with Gasteiger partial charge in [0.05, 0.1) is 17.3 Å². The number of hydrogen-bond acceptors (Lipinski definition) is 4. The van der Waals surface area contributed by atoms with Crippen molar-refractivity contribution in [2.24, 2.45) is 0 Å². The van der Waals surface area contributed by atoms with Gasteiger partial charge in [-0.05, 0) is 36.8 Å². The monoisotopic (exact) mass is 252 g/mol. The van der Waals surface area contributed by atoms with Crippen LogP contribution < -0.4 is 11.1 Å². The van der Waals surface area contributed by atoms with Crippen molar-refractivity contribution in [3.63, 3.8) is 0 Å². The molecule has 2 rings (SSSR count). The number of nitrogens with zero attached hydrogens (tertiary/aromatic N) is 2. The number of aromatic nitrogens is 1. The molecule has 2 aromatic rings. The Labute approximate surface area is 110 Å². The molecule has 5 heteroatoms. The van der Waals surface area contributed by atoms with Crippen molar-refractivity contribution in [3.8, 4) is 6.07 Å². The molecule has 0 atom stereocenters. The number of hydrogen-bond donors (Lipinski definition) is 2. The molecule has 0 fully saturated rings. The first kappa shape index (κ1) is 12.6. The standard InChI is InChI=1S/C14H12N4O/c1-9-4-5-10(8-15)7-12(9)18-14(19)13-11(16)3-2-6-17-13/h2-7H,16H2,1H3,(H,18,19). The lowest BCUT2D eigenvalue weighted by Gasteiger charge is -2.09. The van der Waals surface area contributed by atoms with Gasteiger partial charge in [-0.2, -0.15) is 5.26 Å². The maximum absolute atomic E-state index is 12.1. The van der Waals surface area contributed by atoms with E-state index in [1.54, 1.807) is 30.3 Å². The van der Waals surface area contributed by atoms with Gasteiger partial charge < -0.3 is 11.1 Å². The molecule has 1 amide bonds. The lowest BCUT2D eigenvalue weighted by molar-refractivity contribution is 0.102. The fourth-order valence-corrected chi connectivity index (χ4v) is 1.62. The van der Waals surface area contributed by atoms with Crippen LogP contribution in [0, 0.1) is 18.3 Å². The molecule has 0 aliphatic heterocycles. The van der Waals surface area contributed by atoms with E-state index in [1.165, 1.54) is 6.20 Å². The molecule has 3 N–H and O–H groups in total. The van der Waals surface area contributed by atoms with Gasteiger partial charge in [0.15, 0.2) is 5.69 Å². The van der Waals surface area contributed by atoms with Gasteiger partial charge >= 0.3 is 0 Å². The summed E-state index contributed by atoms with van der Waals surface area (Å²) in [6.07, 6.45) is 1.50. The van der Waals surface area contributed by atoms with Gasteiger partial charge in [0.25, 0.3) is 5.91 Å². The zero-order valence-electron chi connectivity index (χ0n) is 10.3. The molecule has 0 unspecified atom stereocenters. The number of carbonyl (C=O) groups is 1. The Morgan fingerprint density at radius 3 is 2.89 bits per heavy atom. The minimum absolute atomic E-state index is 0.171. The van der Waals surface area contributed by atoms with Crippen LogP contribution in [0.3, 0.4) is 0 Å². The molecule has 0 saturated carbocycles. The Kier molecular flexibility index (Phi) is 3.44. The van der Waals surface area contributed by atoms with Gasteiger partial charge in [-0.3, -0.25) is 4.79 Å². The second-order valence-corrected chi connectivity index (χ2v) is 4.04. The van der Waals surface area contributed by atoms with Gasteiger partial charge in [-0.1, -0.05) is 6.07 Å². The summed E-state index contributed by atoms with van der Waals surface area (Å²) in [6, 6.07) is 10.4. The van der Waals surface area contributed by atoms with Gasteiger partial charge in [0.1, 0.15) is 0 Å². The second-order valence-electron chi connectivity index (χ2n) is 4.04. The smallest absolute Gasteiger partial charge is 0.276 e. The summed E-state index contributed by atoms with van der Waals surface area (Å²) in [5.41, 5.74) is 8.10. The van der Waals surface area contributed by atoms with Crippen LogP contribution >= 0.6 is 0 Å². The van der Waals surface area contributed by atoms with E-state index in [-0.39, 0.29) is 5.69 Å². The van der Waals surface area contributed by atoms with Crippen molar-refractivity contribution in [2.45, 2.75) is 6.92 Å². The molecule has 0 bridgehead atoms. The molecule has 5 nitrogen and oxygen atoms in total. The third-order valence-electron chi connectivity index (χ3n) is 2.67. The maximum atomic E-state index is 12.1. The Morgan fingerprint density at radius 1 is 1.42 bits per heavy atom. The predicted molar refractivity (Wildman–Crippen MR) is 72.5 cm³/mol. The van der Waals surface area contributed by atoms with Crippen molar-refractivity contribution in [1.82, 2.24) is 4.98 Å². The molecular weight excluding hydrogens is 240 g/mol. The predicted octanol–water partition coefficient (Wildman–Crippen LogP) is 2.10. The molecule has 19 heavy (non-hydrogen) atoms. The highest BCUT2D eigenvalue weighted by molar-refractivity contribution is 6.06. The maximum Gasteiger partial charge on any atom is 0.276 e. The number of rotatable bonds is 2. The third kappa shape index (κ3) is 2.69. The first-order chi connectivity index (χ1) is 9.11. The number of aryl methyl sites for hydroxylation is 1. The topological polar surface area (TPSA) is 91.8 Å². The SMILES string of the molecule is Cc1ccc(C#N)cc1NC(=O)c1ncccc1N. The largest absolute Gasteiger partial charge is 0.397 e. The fraction of sp³-hybridized carbons (Fsp3) is 0.0714. The van der Waals surface area contributed by atoms with Crippen LogP contribution in [0.4, 0.5) is 11.4 Å². The quantitative estimate of drug-likeness (QED) is 0.856. The van der Waals surface area contributed by atoms with Crippen LogP contribution in [-0.2, 0) is 0 Å². The molecule has 0 saturated heterocycles. The van der Waals surface area contributed by atoms with E-state index in [1.807, 2.05) is 13.0 Å². The molecule has 94 valence electrons. The van der Waals surface area contributed by atoms with Crippen LogP contribution in [0.15, 0.2) is 36.5 Å². The number of benzene rings is 1. The number of nitrogens with two attached hydrogens (primary N) is 1. The molecule has 0 aliphatic rings. The number of amides is 1. The van der Waals surface area contributed by atoms with Crippen molar-refractivity contribution in [3.05, 3.63) is 53.3 Å². The Bertz CT molecular complexity index is 673. The average molecular weight is 252 g/mol. The average Bonchev–Trinajstić information content (AvgIpc) is 2.41. The molecular formula is C14H12N4O. The van der Waals surface area contributed by atoms with E-state index in [0.29, 0.717) is 16.9 Å². The molecule has 1 heterocycles. The van der Waals surface area contributed by atoms with Crippen molar-refractivity contribution in [1.29, 1.82) is 5.26 Å². The normalized spacial score (nSPS) is 9.68. The number of pyridine rings is 1. The number of nitrogens with one attached hydrogen (secondary N) is 1. The third-order valence-corrected chi connectivity index (χ3v) is 2.67. The highest BCUT2D eigenvalue weighted by Crippen LogP contribution is 2.18. The molecule has 0 spiro atoms. The molecule has 0 radical (unpaired) electrons. The van der Waals surface area contributed by atoms with Crippen molar-refractivity contribution in [2.75, 3.05) is 11.1 Å². The van der Waals surface area contributed by atoms with E-state index in [4.69, 9.17) is 11.0 Å². The summed E-state index contributed by atoms with van der Waals surface area (Å²) in [5.74, 6) is -0.392. The first-order valence-electron chi connectivity index (χ1n) is 5.64. The summed E-state index contributed by atoms with van der Waals surface area (Å²) in [6.45, 7) is 1.85. The summed E-state index contributed by atoms with van der Waals surface area (Å²) >= 11 is 0. The highest BCUT2D eigenvalue weighted by Gasteiger charge is 2.12. The van der Waals surface area contributed by atoms with Crippen LogP contribution in [-0.4, -0.2) is 10.9 Å². The van der Waals surface area contributed by atoms with E-state index in [9.17, 15) is 4.79 Å². The minimum Gasteiger partial charge on any atom is -0.397 e. The van der Waals surface area contributed by atoms with Crippen molar-refractivity contribution < 1.29 is 4.79 Å².